The van der Waals surface area contributed by atoms with Crippen LogP contribution in [0.4, 0.5) is 0 Å². The van der Waals surface area contributed by atoms with E-state index in [0.717, 1.165) is 0 Å². The third-order valence-corrected chi connectivity index (χ3v) is 1.77. The van der Waals surface area contributed by atoms with E-state index in [2.05, 4.69) is 0 Å². The maximum atomic E-state index is 10.00. The lowest BCUT2D eigenvalue weighted by molar-refractivity contribution is -0.147. The molecule has 0 aromatic heterocycles. The van der Waals surface area contributed by atoms with Gasteiger partial charge in [-0.05, 0) is 0 Å². The van der Waals surface area contributed by atoms with Gasteiger partial charge in [-0.1, -0.05) is 0 Å². The Balaban J connectivity index is 4.29. The van der Waals surface area contributed by atoms with Crippen molar-refractivity contribution >= 4 is 6.29 Å². The van der Waals surface area contributed by atoms with Crippen LogP contribution in [0.3, 0.4) is 0 Å². The van der Waals surface area contributed by atoms with Crippen molar-refractivity contribution in [1.29, 1.82) is 0 Å². The summed E-state index contributed by atoms with van der Waals surface area (Å²) >= 11 is 0. The van der Waals surface area contributed by atoms with Crippen LogP contribution in [-0.4, -0.2) is 74.1 Å². The van der Waals surface area contributed by atoms with Gasteiger partial charge in [-0.2, -0.15) is 0 Å². The minimum Gasteiger partial charge on any atom is -0.394 e. The molecule has 0 aromatic carbocycles. The summed E-state index contributed by atoms with van der Waals surface area (Å²) in [4.78, 5) is 10.00. The Morgan fingerprint density at radius 2 is 1.43 bits per heavy atom. The number of aliphatic hydroxyl groups is 6. The van der Waals surface area contributed by atoms with Gasteiger partial charge in [0.1, 0.15) is 30.5 Å². The van der Waals surface area contributed by atoms with Crippen molar-refractivity contribution in [3.05, 3.63) is 0 Å². The number of hydrogen-bond acceptors (Lipinski definition) is 7. The first-order valence-corrected chi connectivity index (χ1v) is 3.92. The van der Waals surface area contributed by atoms with Gasteiger partial charge in [0.15, 0.2) is 6.29 Å². The van der Waals surface area contributed by atoms with Gasteiger partial charge in [0.2, 0.25) is 0 Å². The van der Waals surface area contributed by atoms with Crippen molar-refractivity contribution in [2.45, 2.75) is 30.5 Å². The zero-order chi connectivity index (χ0) is 11.3. The summed E-state index contributed by atoms with van der Waals surface area (Å²) in [7, 11) is 0. The predicted molar refractivity (Wildman–Crippen MR) is 43.2 cm³/mol. The van der Waals surface area contributed by atoms with Gasteiger partial charge in [0.05, 0.1) is 6.61 Å². The number of rotatable bonds is 6. The Kier molecular flexibility index (Phi) is 5.77. The van der Waals surface area contributed by atoms with Crippen LogP contribution in [0.5, 0.6) is 0 Å². The molecule has 0 aliphatic rings. The number of aldehydes is 1. The molecule has 0 unspecified atom stereocenters. The molecular formula is C7H14O7. The van der Waals surface area contributed by atoms with Crippen molar-refractivity contribution in [3.8, 4) is 0 Å². The van der Waals surface area contributed by atoms with E-state index in [9.17, 15) is 4.79 Å². The quantitative estimate of drug-likeness (QED) is 0.245. The molecule has 0 aliphatic heterocycles. The van der Waals surface area contributed by atoms with E-state index in [-0.39, 0.29) is 6.29 Å². The largest absolute Gasteiger partial charge is 0.394 e. The standard InChI is InChI=1S/C7H14O7/c8-1-3(10)5(12)7(14)6(13)4(11)2-9/h1,3-7,9-14H,2H2/t3-,4+,5+,6-,7-/m1/s1. The fourth-order valence-electron chi connectivity index (χ4n) is 0.820. The highest BCUT2D eigenvalue weighted by molar-refractivity contribution is 5.56. The number of carbonyl (C=O) groups excluding carboxylic acids is 1. The molecule has 0 saturated heterocycles. The molecule has 0 bridgehead atoms. The van der Waals surface area contributed by atoms with Crippen molar-refractivity contribution in [3.63, 3.8) is 0 Å². The fourth-order valence-corrected chi connectivity index (χ4v) is 0.820. The van der Waals surface area contributed by atoms with Gasteiger partial charge in [0.25, 0.3) is 0 Å². The minimum absolute atomic E-state index is 0.0219. The SMILES string of the molecule is O=C[C@@H](O)[C@H](O)[C@@H](O)[C@H](O)[C@@H](O)CO. The molecule has 0 aromatic rings. The second-order valence-corrected chi connectivity index (χ2v) is 2.85. The molecular weight excluding hydrogens is 196 g/mol. The number of carbonyl (C=O) groups is 1. The summed E-state index contributed by atoms with van der Waals surface area (Å²) in [5.41, 5.74) is 0. The van der Waals surface area contributed by atoms with Gasteiger partial charge < -0.3 is 35.4 Å². The molecule has 0 fully saturated rings. The highest BCUT2D eigenvalue weighted by Gasteiger charge is 2.33. The lowest BCUT2D eigenvalue weighted by Gasteiger charge is -2.26. The van der Waals surface area contributed by atoms with Crippen molar-refractivity contribution < 1.29 is 35.4 Å². The zero-order valence-corrected chi connectivity index (χ0v) is 7.26. The van der Waals surface area contributed by atoms with E-state index in [1.54, 1.807) is 0 Å². The molecule has 6 N–H and O–H groups in total. The van der Waals surface area contributed by atoms with Gasteiger partial charge in [-0.15, -0.1) is 0 Å². The van der Waals surface area contributed by atoms with Crippen molar-refractivity contribution in [2.75, 3.05) is 6.61 Å². The first kappa shape index (κ1) is 13.4. The van der Waals surface area contributed by atoms with E-state index in [4.69, 9.17) is 30.6 Å². The summed E-state index contributed by atoms with van der Waals surface area (Å²) in [5.74, 6) is 0. The Hall–Kier alpha value is -0.570. The van der Waals surface area contributed by atoms with Crippen LogP contribution in [0.15, 0.2) is 0 Å². The monoisotopic (exact) mass is 210 g/mol. The Morgan fingerprint density at radius 1 is 0.929 bits per heavy atom. The van der Waals surface area contributed by atoms with Crippen LogP contribution in [-0.2, 0) is 4.79 Å². The number of hydrogen-bond donors (Lipinski definition) is 6. The summed E-state index contributed by atoms with van der Waals surface area (Å²) in [6.07, 6.45) is -9.21. The topological polar surface area (TPSA) is 138 Å². The molecule has 84 valence electrons. The smallest absolute Gasteiger partial charge is 0.151 e. The Bertz CT molecular complexity index is 173. The minimum atomic E-state index is -1.92. The van der Waals surface area contributed by atoms with Gasteiger partial charge in [-0.25, -0.2) is 0 Å². The second-order valence-electron chi connectivity index (χ2n) is 2.85. The van der Waals surface area contributed by atoms with Crippen LogP contribution in [0.2, 0.25) is 0 Å². The first-order valence-electron chi connectivity index (χ1n) is 3.92. The van der Waals surface area contributed by atoms with E-state index in [1.165, 1.54) is 0 Å². The van der Waals surface area contributed by atoms with Gasteiger partial charge in [-0.3, -0.25) is 0 Å². The molecule has 7 heteroatoms. The Morgan fingerprint density at radius 3 is 1.79 bits per heavy atom. The highest BCUT2D eigenvalue weighted by atomic mass is 16.4. The lowest BCUT2D eigenvalue weighted by Crippen LogP contribution is -2.50. The maximum Gasteiger partial charge on any atom is 0.151 e. The molecule has 5 atom stereocenters. The van der Waals surface area contributed by atoms with E-state index in [0.29, 0.717) is 0 Å². The average molecular weight is 210 g/mol. The van der Waals surface area contributed by atoms with Crippen LogP contribution in [0.25, 0.3) is 0 Å². The van der Waals surface area contributed by atoms with Crippen LogP contribution < -0.4 is 0 Å². The summed E-state index contributed by atoms with van der Waals surface area (Å²) in [5, 5.41) is 53.2. The van der Waals surface area contributed by atoms with E-state index < -0.39 is 37.1 Å². The molecule has 0 heterocycles. The molecule has 7 nitrogen and oxygen atoms in total. The first-order chi connectivity index (χ1) is 6.45. The predicted octanol–water partition coefficient (Wildman–Crippen LogP) is -4.02. The summed E-state index contributed by atoms with van der Waals surface area (Å²) in [6.45, 7) is -0.817. The average Bonchev–Trinajstić information content (AvgIpc) is 2.23. The molecule has 0 rings (SSSR count). The Labute approximate surface area is 79.9 Å². The van der Waals surface area contributed by atoms with E-state index in [1.807, 2.05) is 0 Å². The fraction of sp³-hybridized carbons (Fsp3) is 0.857. The second kappa shape index (κ2) is 6.02. The third kappa shape index (κ3) is 3.29. The maximum absolute atomic E-state index is 10.00. The van der Waals surface area contributed by atoms with Crippen molar-refractivity contribution in [1.82, 2.24) is 0 Å². The highest BCUT2D eigenvalue weighted by Crippen LogP contribution is 2.07. The third-order valence-electron chi connectivity index (χ3n) is 1.77. The van der Waals surface area contributed by atoms with E-state index >= 15 is 0 Å². The zero-order valence-electron chi connectivity index (χ0n) is 7.26. The van der Waals surface area contributed by atoms with Crippen LogP contribution in [0, 0.1) is 0 Å². The molecule has 0 amide bonds. The molecule has 0 radical (unpaired) electrons. The lowest BCUT2D eigenvalue weighted by atomic mass is 10.0. The van der Waals surface area contributed by atoms with Crippen LogP contribution in [0.1, 0.15) is 0 Å². The summed E-state index contributed by atoms with van der Waals surface area (Å²) < 4.78 is 0. The van der Waals surface area contributed by atoms with Gasteiger partial charge >= 0.3 is 0 Å². The molecule has 14 heavy (non-hydrogen) atoms. The summed E-state index contributed by atoms with van der Waals surface area (Å²) in [6, 6.07) is 0. The van der Waals surface area contributed by atoms with Crippen molar-refractivity contribution in [2.24, 2.45) is 0 Å². The molecule has 0 spiro atoms. The van der Waals surface area contributed by atoms with Crippen LogP contribution >= 0.6 is 0 Å². The van der Waals surface area contributed by atoms with Gasteiger partial charge in [0, 0.05) is 0 Å². The number of aliphatic hydroxyl groups excluding tert-OH is 6. The molecule has 0 saturated carbocycles. The normalized spacial score (nSPS) is 22.1. The molecule has 0 aliphatic carbocycles.